The molecule has 1 aliphatic heterocycles. The predicted molar refractivity (Wildman–Crippen MR) is 53.8 cm³/mol. The highest BCUT2D eigenvalue weighted by Crippen LogP contribution is 2.28. The Morgan fingerprint density at radius 1 is 1.40 bits per heavy atom. The number of piperidine rings is 1. The summed E-state index contributed by atoms with van der Waals surface area (Å²) < 4.78 is 0. The van der Waals surface area contributed by atoms with Gasteiger partial charge in [0, 0.05) is 26.0 Å². The van der Waals surface area contributed by atoms with E-state index in [1.165, 1.54) is 0 Å². The zero-order valence-corrected chi connectivity index (χ0v) is 9.36. The SMILES string of the molecule is CC[C@H]1CN(C(C)=O)CC[C@H]1CC(=O)[O-]. The number of carbonyl (C=O) groups excluding carboxylic acids is 2. The number of hydrogen-bond donors (Lipinski definition) is 0. The van der Waals surface area contributed by atoms with Gasteiger partial charge in [0.15, 0.2) is 0 Å². The van der Waals surface area contributed by atoms with Crippen LogP contribution in [0.4, 0.5) is 0 Å². The van der Waals surface area contributed by atoms with Crippen LogP contribution in [0.5, 0.6) is 0 Å². The third-order valence-corrected chi connectivity index (χ3v) is 3.29. The zero-order chi connectivity index (χ0) is 11.4. The highest BCUT2D eigenvalue weighted by molar-refractivity contribution is 5.73. The van der Waals surface area contributed by atoms with Crippen LogP contribution in [0.15, 0.2) is 0 Å². The van der Waals surface area contributed by atoms with Crippen molar-refractivity contribution >= 4 is 11.9 Å². The highest BCUT2D eigenvalue weighted by atomic mass is 16.4. The van der Waals surface area contributed by atoms with Crippen molar-refractivity contribution in [3.05, 3.63) is 0 Å². The Hall–Kier alpha value is -1.06. The predicted octanol–water partition coefficient (Wildman–Crippen LogP) is 0.0210. The number of rotatable bonds is 3. The van der Waals surface area contributed by atoms with Crippen LogP contribution in [0.2, 0.25) is 0 Å². The molecule has 4 heteroatoms. The molecule has 86 valence electrons. The van der Waals surface area contributed by atoms with Crippen molar-refractivity contribution in [2.75, 3.05) is 13.1 Å². The number of carbonyl (C=O) groups is 2. The molecule has 1 heterocycles. The number of likely N-dealkylation sites (tertiary alicyclic amines) is 1. The normalized spacial score (nSPS) is 26.4. The summed E-state index contributed by atoms with van der Waals surface area (Å²) in [5, 5.41) is 10.6. The first-order chi connectivity index (χ1) is 7.04. The largest absolute Gasteiger partial charge is 0.550 e. The maximum atomic E-state index is 11.2. The first kappa shape index (κ1) is 12.0. The first-order valence-electron chi connectivity index (χ1n) is 5.50. The third kappa shape index (κ3) is 3.22. The van der Waals surface area contributed by atoms with Gasteiger partial charge in [-0.25, -0.2) is 0 Å². The molecule has 1 amide bonds. The Labute approximate surface area is 90.3 Å². The van der Waals surface area contributed by atoms with Gasteiger partial charge in [-0.2, -0.15) is 0 Å². The van der Waals surface area contributed by atoms with Crippen molar-refractivity contribution in [1.82, 2.24) is 4.90 Å². The molecular weight excluding hydrogens is 194 g/mol. The summed E-state index contributed by atoms with van der Waals surface area (Å²) in [4.78, 5) is 23.5. The molecule has 1 rings (SSSR count). The van der Waals surface area contributed by atoms with E-state index in [0.717, 1.165) is 12.8 Å². The summed E-state index contributed by atoms with van der Waals surface area (Å²) in [5.41, 5.74) is 0. The molecule has 0 unspecified atom stereocenters. The highest BCUT2D eigenvalue weighted by Gasteiger charge is 2.28. The summed E-state index contributed by atoms with van der Waals surface area (Å²) >= 11 is 0. The van der Waals surface area contributed by atoms with Crippen LogP contribution >= 0.6 is 0 Å². The fourth-order valence-corrected chi connectivity index (χ4v) is 2.31. The molecule has 0 bridgehead atoms. The Bertz CT molecular complexity index is 252. The summed E-state index contributed by atoms with van der Waals surface area (Å²) in [6.07, 6.45) is 1.83. The molecule has 0 aliphatic carbocycles. The monoisotopic (exact) mass is 212 g/mol. The molecular formula is C11H18NO3-. The summed E-state index contributed by atoms with van der Waals surface area (Å²) in [7, 11) is 0. The van der Waals surface area contributed by atoms with Crippen LogP contribution in [0.3, 0.4) is 0 Å². The van der Waals surface area contributed by atoms with Gasteiger partial charge in [-0.15, -0.1) is 0 Å². The first-order valence-corrected chi connectivity index (χ1v) is 5.50. The molecule has 4 nitrogen and oxygen atoms in total. The van der Waals surface area contributed by atoms with E-state index < -0.39 is 5.97 Å². The summed E-state index contributed by atoms with van der Waals surface area (Å²) in [6.45, 7) is 4.98. The van der Waals surface area contributed by atoms with E-state index >= 15 is 0 Å². The number of hydrogen-bond acceptors (Lipinski definition) is 3. The van der Waals surface area contributed by atoms with Crippen molar-refractivity contribution in [2.24, 2.45) is 11.8 Å². The van der Waals surface area contributed by atoms with Crippen LogP contribution in [0, 0.1) is 11.8 Å². The minimum atomic E-state index is -0.977. The molecule has 0 N–H and O–H groups in total. The van der Waals surface area contributed by atoms with Gasteiger partial charge in [0.1, 0.15) is 0 Å². The Kier molecular flexibility index (Phi) is 4.12. The van der Waals surface area contributed by atoms with Gasteiger partial charge in [-0.1, -0.05) is 13.3 Å². The van der Waals surface area contributed by atoms with Crippen LogP contribution in [-0.2, 0) is 9.59 Å². The lowest BCUT2D eigenvalue weighted by molar-refractivity contribution is -0.307. The molecule has 0 aromatic rings. The molecule has 0 radical (unpaired) electrons. The quantitative estimate of drug-likeness (QED) is 0.662. The van der Waals surface area contributed by atoms with Crippen LogP contribution < -0.4 is 5.11 Å². The molecule has 0 aromatic heterocycles. The minimum absolute atomic E-state index is 0.0837. The average molecular weight is 212 g/mol. The van der Waals surface area contributed by atoms with Gasteiger partial charge in [-0.05, 0) is 24.7 Å². The lowest BCUT2D eigenvalue weighted by Crippen LogP contribution is -2.44. The van der Waals surface area contributed by atoms with Crippen molar-refractivity contribution < 1.29 is 14.7 Å². The van der Waals surface area contributed by atoms with Gasteiger partial charge < -0.3 is 14.8 Å². The fraction of sp³-hybridized carbons (Fsp3) is 0.818. The molecule has 15 heavy (non-hydrogen) atoms. The van der Waals surface area contributed by atoms with Crippen molar-refractivity contribution in [2.45, 2.75) is 33.1 Å². The fourth-order valence-electron chi connectivity index (χ4n) is 2.31. The number of amides is 1. The standard InChI is InChI=1S/C11H19NO3/c1-3-9-7-12(8(2)13)5-4-10(9)6-11(14)15/h9-10H,3-7H2,1-2H3,(H,14,15)/p-1/t9-,10-/m0/s1. The van der Waals surface area contributed by atoms with Crippen LogP contribution in [-0.4, -0.2) is 29.9 Å². The smallest absolute Gasteiger partial charge is 0.219 e. The van der Waals surface area contributed by atoms with Crippen LogP contribution in [0.1, 0.15) is 33.1 Å². The van der Waals surface area contributed by atoms with E-state index in [1.807, 2.05) is 6.92 Å². The topological polar surface area (TPSA) is 60.4 Å². The van der Waals surface area contributed by atoms with Gasteiger partial charge in [0.2, 0.25) is 5.91 Å². The average Bonchev–Trinajstić information content (AvgIpc) is 2.17. The molecule has 1 aliphatic rings. The van der Waals surface area contributed by atoms with E-state index in [9.17, 15) is 14.7 Å². The Morgan fingerprint density at radius 3 is 2.53 bits per heavy atom. The second-order valence-electron chi connectivity index (χ2n) is 4.26. The van der Waals surface area contributed by atoms with E-state index in [0.29, 0.717) is 19.0 Å². The number of carboxylic acid groups (broad SMARTS) is 1. The maximum absolute atomic E-state index is 11.2. The molecule has 2 atom stereocenters. The van der Waals surface area contributed by atoms with Gasteiger partial charge in [0.25, 0.3) is 0 Å². The zero-order valence-electron chi connectivity index (χ0n) is 9.36. The number of nitrogens with zero attached hydrogens (tertiary/aromatic N) is 1. The summed E-state index contributed by atoms with van der Waals surface area (Å²) in [5.74, 6) is -0.411. The van der Waals surface area contributed by atoms with E-state index in [4.69, 9.17) is 0 Å². The minimum Gasteiger partial charge on any atom is -0.550 e. The van der Waals surface area contributed by atoms with E-state index in [-0.39, 0.29) is 18.2 Å². The Balaban J connectivity index is 2.56. The molecule has 1 saturated heterocycles. The molecule has 0 saturated carbocycles. The second kappa shape index (κ2) is 5.14. The summed E-state index contributed by atoms with van der Waals surface area (Å²) in [6, 6.07) is 0. The van der Waals surface area contributed by atoms with Gasteiger partial charge >= 0.3 is 0 Å². The van der Waals surface area contributed by atoms with Crippen molar-refractivity contribution in [3.8, 4) is 0 Å². The van der Waals surface area contributed by atoms with Crippen molar-refractivity contribution in [3.63, 3.8) is 0 Å². The van der Waals surface area contributed by atoms with Gasteiger partial charge in [0.05, 0.1) is 0 Å². The van der Waals surface area contributed by atoms with Crippen LogP contribution in [0.25, 0.3) is 0 Å². The van der Waals surface area contributed by atoms with Gasteiger partial charge in [-0.3, -0.25) is 4.79 Å². The van der Waals surface area contributed by atoms with Crippen molar-refractivity contribution in [1.29, 1.82) is 0 Å². The molecule has 1 fully saturated rings. The van der Waals surface area contributed by atoms with E-state index in [1.54, 1.807) is 11.8 Å². The lowest BCUT2D eigenvalue weighted by atomic mass is 9.81. The second-order valence-corrected chi connectivity index (χ2v) is 4.26. The lowest BCUT2D eigenvalue weighted by Gasteiger charge is -2.38. The molecule has 0 aromatic carbocycles. The maximum Gasteiger partial charge on any atom is 0.219 e. The number of aliphatic carboxylic acids is 1. The molecule has 0 spiro atoms. The van der Waals surface area contributed by atoms with E-state index in [2.05, 4.69) is 0 Å². The third-order valence-electron chi connectivity index (χ3n) is 3.29. The number of carboxylic acids is 1. The Morgan fingerprint density at radius 2 is 2.07 bits per heavy atom.